The van der Waals surface area contributed by atoms with Gasteiger partial charge in [-0.15, -0.1) is 11.3 Å². The molecular formula is C44H26N2OS. The number of ether oxygens (including phenoxy) is 1. The summed E-state index contributed by atoms with van der Waals surface area (Å²) in [6.45, 7) is 0. The lowest BCUT2D eigenvalue weighted by Crippen LogP contribution is -1.97. The van der Waals surface area contributed by atoms with Crippen LogP contribution in [0.15, 0.2) is 158 Å². The molecule has 0 bridgehead atoms. The van der Waals surface area contributed by atoms with Crippen LogP contribution in [0.5, 0.6) is 11.5 Å². The zero-order valence-electron chi connectivity index (χ0n) is 25.7. The molecule has 0 unspecified atom stereocenters. The van der Waals surface area contributed by atoms with E-state index in [0.29, 0.717) is 5.82 Å². The average molecular weight is 631 g/mol. The first kappa shape index (κ1) is 27.1. The molecule has 1 aliphatic heterocycles. The van der Waals surface area contributed by atoms with Crippen LogP contribution in [0.25, 0.3) is 87.1 Å². The molecule has 0 saturated carbocycles. The van der Waals surface area contributed by atoms with Gasteiger partial charge in [-0.25, -0.2) is 9.97 Å². The van der Waals surface area contributed by atoms with Crippen molar-refractivity contribution in [1.82, 2.24) is 9.97 Å². The molecule has 3 nitrogen and oxygen atoms in total. The molecule has 3 heterocycles. The first-order valence-corrected chi connectivity index (χ1v) is 16.9. The van der Waals surface area contributed by atoms with Crippen molar-refractivity contribution in [3.63, 3.8) is 0 Å². The van der Waals surface area contributed by atoms with E-state index in [9.17, 15) is 0 Å². The first-order chi connectivity index (χ1) is 23.8. The van der Waals surface area contributed by atoms with E-state index in [1.54, 1.807) is 0 Å². The number of nitrogens with zero attached hydrogens (tertiary/aromatic N) is 2. The molecular weight excluding hydrogens is 605 g/mol. The van der Waals surface area contributed by atoms with Crippen LogP contribution in [0.2, 0.25) is 0 Å². The van der Waals surface area contributed by atoms with Crippen molar-refractivity contribution >= 4 is 42.3 Å². The summed E-state index contributed by atoms with van der Waals surface area (Å²) < 4.78 is 8.97. The highest BCUT2D eigenvalue weighted by molar-refractivity contribution is 7.26. The number of hydrogen-bond donors (Lipinski definition) is 0. The van der Waals surface area contributed by atoms with E-state index in [1.165, 1.54) is 36.5 Å². The predicted molar refractivity (Wildman–Crippen MR) is 200 cm³/mol. The van der Waals surface area contributed by atoms with E-state index in [-0.39, 0.29) is 0 Å². The molecule has 0 aliphatic carbocycles. The summed E-state index contributed by atoms with van der Waals surface area (Å²) in [5.74, 6) is 2.50. The topological polar surface area (TPSA) is 35.0 Å². The van der Waals surface area contributed by atoms with Crippen molar-refractivity contribution < 1.29 is 4.74 Å². The Balaban J connectivity index is 1.06. The molecule has 224 valence electrons. The van der Waals surface area contributed by atoms with Gasteiger partial charge in [-0.2, -0.15) is 0 Å². The normalized spacial score (nSPS) is 11.9. The number of aromatic nitrogens is 2. The number of hydrogen-bond acceptors (Lipinski definition) is 4. The molecule has 0 N–H and O–H groups in total. The van der Waals surface area contributed by atoms with Gasteiger partial charge in [-0.1, -0.05) is 127 Å². The molecule has 0 radical (unpaired) electrons. The quantitative estimate of drug-likeness (QED) is 0.194. The lowest BCUT2D eigenvalue weighted by atomic mass is 9.93. The third-order valence-electron chi connectivity index (χ3n) is 9.31. The third-order valence-corrected chi connectivity index (χ3v) is 10.5. The van der Waals surface area contributed by atoms with Crippen LogP contribution < -0.4 is 4.74 Å². The van der Waals surface area contributed by atoms with E-state index >= 15 is 0 Å². The summed E-state index contributed by atoms with van der Waals surface area (Å²) in [4.78, 5) is 10.2. The first-order valence-electron chi connectivity index (χ1n) is 16.1. The van der Waals surface area contributed by atoms with Crippen LogP contribution in [0, 0.1) is 0 Å². The maximum Gasteiger partial charge on any atom is 0.160 e. The summed E-state index contributed by atoms with van der Waals surface area (Å²) >= 11 is 1.82. The maximum atomic E-state index is 6.45. The lowest BCUT2D eigenvalue weighted by Gasteiger charge is -2.22. The molecule has 2 aromatic heterocycles. The Morgan fingerprint density at radius 3 is 2.04 bits per heavy atom. The maximum absolute atomic E-state index is 6.45. The van der Waals surface area contributed by atoms with Gasteiger partial charge in [-0.05, 0) is 52.4 Å². The monoisotopic (exact) mass is 630 g/mol. The lowest BCUT2D eigenvalue weighted by molar-refractivity contribution is 0.487. The fourth-order valence-corrected chi connectivity index (χ4v) is 8.20. The second-order valence-corrected chi connectivity index (χ2v) is 13.2. The van der Waals surface area contributed by atoms with Crippen molar-refractivity contribution in [3.05, 3.63) is 158 Å². The highest BCUT2D eigenvalue weighted by Gasteiger charge is 2.20. The Kier molecular flexibility index (Phi) is 6.05. The van der Waals surface area contributed by atoms with Crippen LogP contribution in [0.1, 0.15) is 0 Å². The Labute approximate surface area is 281 Å². The molecule has 0 amide bonds. The van der Waals surface area contributed by atoms with Gasteiger partial charge in [0.25, 0.3) is 0 Å². The van der Waals surface area contributed by atoms with Gasteiger partial charge < -0.3 is 4.74 Å². The highest BCUT2D eigenvalue weighted by Crippen LogP contribution is 2.47. The molecule has 0 spiro atoms. The SMILES string of the molecule is c1ccc(-c2nc(-c3ccc(-c4ccc5c(c4)Oc4cccc6cccc-5c46)cc3)cc(-c3cccc4c3sc3ccccc34)n2)cc1. The van der Waals surface area contributed by atoms with Gasteiger partial charge in [0.2, 0.25) is 0 Å². The van der Waals surface area contributed by atoms with Crippen molar-refractivity contribution in [3.8, 4) is 67.7 Å². The Hall–Kier alpha value is -6.10. The number of rotatable bonds is 4. The van der Waals surface area contributed by atoms with Gasteiger partial charge >= 0.3 is 0 Å². The number of thiophene rings is 1. The molecule has 0 fully saturated rings. The minimum Gasteiger partial charge on any atom is -0.456 e. The van der Waals surface area contributed by atoms with E-state index in [1.807, 2.05) is 29.5 Å². The molecule has 1 aliphatic rings. The van der Waals surface area contributed by atoms with Crippen LogP contribution in [-0.4, -0.2) is 9.97 Å². The molecule has 4 heteroatoms. The Morgan fingerprint density at radius 2 is 1.15 bits per heavy atom. The van der Waals surface area contributed by atoms with E-state index in [0.717, 1.165) is 56.3 Å². The summed E-state index contributed by atoms with van der Waals surface area (Å²) in [6, 6.07) is 55.4. The highest BCUT2D eigenvalue weighted by atomic mass is 32.1. The van der Waals surface area contributed by atoms with E-state index in [4.69, 9.17) is 14.7 Å². The zero-order valence-corrected chi connectivity index (χ0v) is 26.5. The van der Waals surface area contributed by atoms with Gasteiger partial charge in [0.1, 0.15) is 11.5 Å². The average Bonchev–Trinajstić information content (AvgIpc) is 3.54. The van der Waals surface area contributed by atoms with Crippen molar-refractivity contribution in [2.45, 2.75) is 0 Å². The molecule has 7 aromatic carbocycles. The largest absolute Gasteiger partial charge is 0.456 e. The summed E-state index contributed by atoms with van der Waals surface area (Å²) in [5, 5.41) is 4.90. The smallest absolute Gasteiger partial charge is 0.160 e. The van der Waals surface area contributed by atoms with E-state index in [2.05, 4.69) is 140 Å². The van der Waals surface area contributed by atoms with E-state index < -0.39 is 0 Å². The number of fused-ring (bicyclic) bond motifs is 5. The fourth-order valence-electron chi connectivity index (χ4n) is 6.98. The fraction of sp³-hybridized carbons (Fsp3) is 0. The molecule has 0 saturated heterocycles. The summed E-state index contributed by atoms with van der Waals surface area (Å²) in [7, 11) is 0. The van der Waals surface area contributed by atoms with Crippen LogP contribution in [0.4, 0.5) is 0 Å². The predicted octanol–water partition coefficient (Wildman–Crippen LogP) is 12.4. The van der Waals surface area contributed by atoms with Gasteiger partial charge in [0.05, 0.1) is 11.4 Å². The van der Waals surface area contributed by atoms with Gasteiger partial charge in [0.15, 0.2) is 5.82 Å². The summed E-state index contributed by atoms with van der Waals surface area (Å²) in [6.07, 6.45) is 0. The van der Waals surface area contributed by atoms with Crippen molar-refractivity contribution in [1.29, 1.82) is 0 Å². The summed E-state index contributed by atoms with van der Waals surface area (Å²) in [5.41, 5.74) is 9.53. The number of benzene rings is 7. The third kappa shape index (κ3) is 4.34. The van der Waals surface area contributed by atoms with Crippen molar-refractivity contribution in [2.24, 2.45) is 0 Å². The van der Waals surface area contributed by atoms with Crippen LogP contribution in [0.3, 0.4) is 0 Å². The second kappa shape index (κ2) is 10.7. The molecule has 48 heavy (non-hydrogen) atoms. The molecule has 0 atom stereocenters. The van der Waals surface area contributed by atoms with Gasteiger partial charge in [-0.3, -0.25) is 0 Å². The second-order valence-electron chi connectivity index (χ2n) is 12.2. The minimum absolute atomic E-state index is 0.715. The van der Waals surface area contributed by atoms with Gasteiger partial charge in [0, 0.05) is 47.8 Å². The molecule has 10 rings (SSSR count). The Bertz CT molecular complexity index is 2690. The molecule has 9 aromatic rings. The minimum atomic E-state index is 0.715. The van der Waals surface area contributed by atoms with Crippen LogP contribution >= 0.6 is 11.3 Å². The zero-order chi connectivity index (χ0) is 31.6. The Morgan fingerprint density at radius 1 is 0.438 bits per heavy atom. The van der Waals surface area contributed by atoms with Crippen LogP contribution in [-0.2, 0) is 0 Å². The standard InChI is InChI=1S/C44H26N2OS/c1-2-9-30(10-3-1)44-45-37(26-38(46-44)36-16-8-15-35-33-13-4-5-18-41(33)48-43(35)36)28-21-19-27(20-22-28)31-23-24-32-34-14-6-11-29-12-7-17-39(42(29)34)47-40(32)25-31/h1-26H. The van der Waals surface area contributed by atoms with Crippen molar-refractivity contribution in [2.75, 3.05) is 0 Å².